The molecule has 2 aromatic carbocycles. The highest BCUT2D eigenvalue weighted by molar-refractivity contribution is 9.10. The highest BCUT2D eigenvalue weighted by Gasteiger charge is 2.21. The molecule has 0 bridgehead atoms. The number of hydrogen-bond acceptors (Lipinski definition) is 3. The third-order valence-electron chi connectivity index (χ3n) is 4.43. The second kappa shape index (κ2) is 8.37. The van der Waals surface area contributed by atoms with Gasteiger partial charge in [0, 0.05) is 21.7 Å². The average Bonchev–Trinajstić information content (AvgIpc) is 2.66. The molecule has 134 valence electrons. The normalized spacial score (nSPS) is 17.6. The summed E-state index contributed by atoms with van der Waals surface area (Å²) in [5, 5.41) is 0. The van der Waals surface area contributed by atoms with Crippen LogP contribution in [-0.4, -0.2) is 20.0 Å². The number of rotatable bonds is 4. The van der Waals surface area contributed by atoms with Gasteiger partial charge in [-0.1, -0.05) is 34.1 Å². The Morgan fingerprint density at radius 1 is 0.923 bits per heavy atom. The van der Waals surface area contributed by atoms with Crippen LogP contribution in [0.2, 0.25) is 0 Å². The summed E-state index contributed by atoms with van der Waals surface area (Å²) in [6.07, 6.45) is 6.49. The zero-order valence-corrected chi connectivity index (χ0v) is 16.5. The van der Waals surface area contributed by atoms with Crippen LogP contribution >= 0.6 is 15.9 Å². The van der Waals surface area contributed by atoms with E-state index in [1.807, 2.05) is 54.6 Å². The number of ketones is 1. The quantitative estimate of drug-likeness (QED) is 0.605. The van der Waals surface area contributed by atoms with Crippen molar-refractivity contribution in [3.8, 4) is 11.5 Å². The summed E-state index contributed by atoms with van der Waals surface area (Å²) >= 11 is 3.55. The molecule has 1 saturated carbocycles. The predicted molar refractivity (Wildman–Crippen MR) is 109 cm³/mol. The van der Waals surface area contributed by atoms with E-state index in [2.05, 4.69) is 15.9 Å². The van der Waals surface area contributed by atoms with E-state index in [-0.39, 0.29) is 5.78 Å². The van der Waals surface area contributed by atoms with Crippen molar-refractivity contribution in [2.24, 2.45) is 0 Å². The van der Waals surface area contributed by atoms with Crippen molar-refractivity contribution in [1.82, 2.24) is 0 Å². The van der Waals surface area contributed by atoms with Gasteiger partial charge in [-0.05, 0) is 60.7 Å². The van der Waals surface area contributed by atoms with Crippen LogP contribution in [-0.2, 0) is 4.79 Å². The summed E-state index contributed by atoms with van der Waals surface area (Å²) in [6, 6.07) is 13.6. The lowest BCUT2D eigenvalue weighted by molar-refractivity contribution is -0.112. The molecule has 3 nitrogen and oxygen atoms in total. The van der Waals surface area contributed by atoms with Crippen molar-refractivity contribution >= 4 is 33.9 Å². The van der Waals surface area contributed by atoms with Gasteiger partial charge in [0.25, 0.3) is 0 Å². The number of ether oxygens (including phenoxy) is 2. The molecular formula is C22H21BrO3. The van der Waals surface area contributed by atoms with Gasteiger partial charge in [-0.2, -0.15) is 0 Å². The number of allylic oxidation sites excluding steroid dienone is 2. The summed E-state index contributed by atoms with van der Waals surface area (Å²) in [5.74, 6) is 1.54. The second-order valence-electron chi connectivity index (χ2n) is 6.19. The molecular weight excluding hydrogens is 392 g/mol. The number of carbonyl (C=O) groups is 1. The van der Waals surface area contributed by atoms with E-state index in [4.69, 9.17) is 9.47 Å². The molecule has 26 heavy (non-hydrogen) atoms. The Kier molecular flexibility index (Phi) is 5.94. The molecule has 4 heteroatoms. The standard InChI is InChI=1S/C22H21BrO3/c1-25-19-11-15(12-20(14-19)26-2)10-17-7-5-8-18(22(17)24)13-16-6-3-4-9-21(16)23/h3-4,6,9-14H,5,7-8H2,1-2H3. The monoisotopic (exact) mass is 412 g/mol. The smallest absolute Gasteiger partial charge is 0.185 e. The molecule has 0 heterocycles. The van der Waals surface area contributed by atoms with Gasteiger partial charge in [0.2, 0.25) is 0 Å². The Labute approximate surface area is 162 Å². The lowest BCUT2D eigenvalue weighted by Gasteiger charge is -2.17. The first-order valence-corrected chi connectivity index (χ1v) is 9.33. The van der Waals surface area contributed by atoms with Crippen LogP contribution in [0.15, 0.2) is 58.1 Å². The first-order valence-electron chi connectivity index (χ1n) is 8.54. The Hall–Kier alpha value is -2.33. The third-order valence-corrected chi connectivity index (χ3v) is 5.15. The average molecular weight is 413 g/mol. The van der Waals surface area contributed by atoms with Crippen molar-refractivity contribution in [3.05, 3.63) is 69.2 Å². The summed E-state index contributed by atoms with van der Waals surface area (Å²) in [4.78, 5) is 12.9. The molecule has 0 unspecified atom stereocenters. The minimum atomic E-state index is 0.119. The molecule has 0 spiro atoms. The minimum absolute atomic E-state index is 0.119. The molecule has 0 aliphatic heterocycles. The van der Waals surface area contributed by atoms with Crippen LogP contribution in [0, 0.1) is 0 Å². The maximum atomic E-state index is 12.9. The van der Waals surface area contributed by atoms with Gasteiger partial charge in [0.05, 0.1) is 14.2 Å². The zero-order chi connectivity index (χ0) is 18.5. The fraction of sp³-hybridized carbons (Fsp3) is 0.227. The van der Waals surface area contributed by atoms with Gasteiger partial charge < -0.3 is 9.47 Å². The number of hydrogen-bond donors (Lipinski definition) is 0. The number of benzene rings is 2. The van der Waals surface area contributed by atoms with Gasteiger partial charge in [-0.25, -0.2) is 0 Å². The molecule has 0 saturated heterocycles. The highest BCUT2D eigenvalue weighted by atomic mass is 79.9. The Balaban J connectivity index is 1.93. The van der Waals surface area contributed by atoms with Crippen LogP contribution < -0.4 is 9.47 Å². The topological polar surface area (TPSA) is 35.5 Å². The molecule has 2 aromatic rings. The van der Waals surface area contributed by atoms with E-state index >= 15 is 0 Å². The number of Topliss-reactive ketones (excluding diaryl/α,β-unsaturated/α-hetero) is 1. The number of carbonyl (C=O) groups excluding carboxylic acids is 1. The largest absolute Gasteiger partial charge is 0.497 e. The van der Waals surface area contributed by atoms with Gasteiger partial charge >= 0.3 is 0 Å². The Morgan fingerprint density at radius 2 is 1.54 bits per heavy atom. The predicted octanol–water partition coefficient (Wildman–Crippen LogP) is 5.69. The van der Waals surface area contributed by atoms with E-state index in [0.717, 1.165) is 46.0 Å². The molecule has 3 rings (SSSR count). The van der Waals surface area contributed by atoms with Gasteiger partial charge in [-0.15, -0.1) is 0 Å². The van der Waals surface area contributed by atoms with E-state index in [0.29, 0.717) is 11.5 Å². The highest BCUT2D eigenvalue weighted by Crippen LogP contribution is 2.31. The van der Waals surface area contributed by atoms with E-state index in [9.17, 15) is 4.79 Å². The van der Waals surface area contributed by atoms with Crippen LogP contribution in [0.4, 0.5) is 0 Å². The Bertz CT molecular complexity index is 858. The molecule has 1 fully saturated rings. The number of methoxy groups -OCH3 is 2. The van der Waals surface area contributed by atoms with E-state index in [1.165, 1.54) is 0 Å². The molecule has 1 aliphatic rings. The summed E-state index contributed by atoms with van der Waals surface area (Å²) in [6.45, 7) is 0. The lowest BCUT2D eigenvalue weighted by Crippen LogP contribution is -2.12. The summed E-state index contributed by atoms with van der Waals surface area (Å²) in [7, 11) is 3.24. The molecule has 0 amide bonds. The van der Waals surface area contributed by atoms with Crippen molar-refractivity contribution in [2.45, 2.75) is 19.3 Å². The molecule has 0 atom stereocenters. The van der Waals surface area contributed by atoms with Gasteiger partial charge in [0.1, 0.15) is 11.5 Å². The minimum Gasteiger partial charge on any atom is -0.497 e. The maximum absolute atomic E-state index is 12.9. The van der Waals surface area contributed by atoms with Crippen LogP contribution in [0.1, 0.15) is 30.4 Å². The van der Waals surface area contributed by atoms with Crippen molar-refractivity contribution in [3.63, 3.8) is 0 Å². The first-order chi connectivity index (χ1) is 12.6. The molecule has 0 aromatic heterocycles. The van der Waals surface area contributed by atoms with Crippen LogP contribution in [0.3, 0.4) is 0 Å². The summed E-state index contributed by atoms with van der Waals surface area (Å²) < 4.78 is 11.6. The first kappa shape index (κ1) is 18.5. The number of halogens is 1. The second-order valence-corrected chi connectivity index (χ2v) is 7.04. The lowest BCUT2D eigenvalue weighted by atomic mass is 9.87. The van der Waals surface area contributed by atoms with Crippen LogP contribution in [0.25, 0.3) is 12.2 Å². The summed E-state index contributed by atoms with van der Waals surface area (Å²) in [5.41, 5.74) is 3.61. The van der Waals surface area contributed by atoms with Gasteiger partial charge in [-0.3, -0.25) is 4.79 Å². The Morgan fingerprint density at radius 3 is 2.15 bits per heavy atom. The van der Waals surface area contributed by atoms with Crippen molar-refractivity contribution in [2.75, 3.05) is 14.2 Å². The van der Waals surface area contributed by atoms with E-state index < -0.39 is 0 Å². The van der Waals surface area contributed by atoms with Crippen LogP contribution in [0.5, 0.6) is 11.5 Å². The SMILES string of the molecule is COc1cc(C=C2CCCC(=Cc3ccccc3Br)C2=O)cc(OC)c1. The zero-order valence-electron chi connectivity index (χ0n) is 14.9. The fourth-order valence-electron chi connectivity index (χ4n) is 3.07. The molecule has 0 N–H and O–H groups in total. The van der Waals surface area contributed by atoms with Gasteiger partial charge in [0.15, 0.2) is 5.78 Å². The molecule has 1 aliphatic carbocycles. The van der Waals surface area contributed by atoms with E-state index in [1.54, 1.807) is 14.2 Å². The third kappa shape index (κ3) is 4.25. The van der Waals surface area contributed by atoms with Crippen molar-refractivity contribution in [1.29, 1.82) is 0 Å². The molecule has 0 radical (unpaired) electrons. The fourth-order valence-corrected chi connectivity index (χ4v) is 3.47. The van der Waals surface area contributed by atoms with Crippen molar-refractivity contribution < 1.29 is 14.3 Å². The maximum Gasteiger partial charge on any atom is 0.185 e.